The zero-order valence-corrected chi connectivity index (χ0v) is 20.0. The SMILES string of the molecule is CCOC(=O)Oc1ccc(C(=O)N2CCC(CNC(=O)COc3ccc(C)c(C)c3)CC2)cc1. The minimum atomic E-state index is -0.771. The summed E-state index contributed by atoms with van der Waals surface area (Å²) in [7, 11) is 0. The highest BCUT2D eigenvalue weighted by molar-refractivity contribution is 5.94. The van der Waals surface area contributed by atoms with Crippen molar-refractivity contribution in [2.45, 2.75) is 33.6 Å². The van der Waals surface area contributed by atoms with Gasteiger partial charge in [-0.15, -0.1) is 0 Å². The molecule has 0 saturated carbocycles. The van der Waals surface area contributed by atoms with Crippen molar-refractivity contribution >= 4 is 18.0 Å². The molecule has 0 atom stereocenters. The van der Waals surface area contributed by atoms with E-state index in [9.17, 15) is 14.4 Å². The number of aryl methyl sites for hydroxylation is 2. The zero-order chi connectivity index (χ0) is 24.5. The Labute approximate surface area is 200 Å². The molecule has 1 heterocycles. The van der Waals surface area contributed by atoms with Crippen LogP contribution >= 0.6 is 0 Å². The second-order valence-electron chi connectivity index (χ2n) is 8.38. The van der Waals surface area contributed by atoms with Gasteiger partial charge in [0.25, 0.3) is 11.8 Å². The Morgan fingerprint density at radius 1 is 0.971 bits per heavy atom. The van der Waals surface area contributed by atoms with Gasteiger partial charge in [0.05, 0.1) is 6.61 Å². The van der Waals surface area contributed by atoms with Gasteiger partial charge in [0.2, 0.25) is 0 Å². The number of hydrogen-bond acceptors (Lipinski definition) is 6. The fraction of sp³-hybridized carbons (Fsp3) is 0.423. The Hall–Kier alpha value is -3.55. The third-order valence-electron chi connectivity index (χ3n) is 5.90. The maximum absolute atomic E-state index is 12.8. The Kier molecular flexibility index (Phi) is 8.90. The van der Waals surface area contributed by atoms with Crippen LogP contribution in [-0.4, -0.2) is 55.7 Å². The highest BCUT2D eigenvalue weighted by Crippen LogP contribution is 2.20. The third-order valence-corrected chi connectivity index (χ3v) is 5.90. The quantitative estimate of drug-likeness (QED) is 0.467. The summed E-state index contributed by atoms with van der Waals surface area (Å²) in [6, 6.07) is 12.2. The van der Waals surface area contributed by atoms with Crippen LogP contribution < -0.4 is 14.8 Å². The summed E-state index contributed by atoms with van der Waals surface area (Å²) in [5, 5.41) is 2.94. The largest absolute Gasteiger partial charge is 0.513 e. The maximum atomic E-state index is 12.8. The standard InChI is InChI=1S/C26H32N2O6/c1-4-32-26(31)34-22-9-6-21(7-10-22)25(30)28-13-11-20(12-14-28)16-27-24(29)17-33-23-8-5-18(2)19(3)15-23/h5-10,15,20H,4,11-14,16-17H2,1-3H3,(H,27,29). The van der Waals surface area contributed by atoms with Crippen LogP contribution in [0.15, 0.2) is 42.5 Å². The lowest BCUT2D eigenvalue weighted by Crippen LogP contribution is -2.42. The lowest BCUT2D eigenvalue weighted by Gasteiger charge is -2.32. The van der Waals surface area contributed by atoms with Crippen molar-refractivity contribution in [3.63, 3.8) is 0 Å². The molecular weight excluding hydrogens is 436 g/mol. The molecule has 0 unspecified atom stereocenters. The molecule has 1 N–H and O–H groups in total. The van der Waals surface area contributed by atoms with Gasteiger partial charge in [-0.1, -0.05) is 6.07 Å². The van der Waals surface area contributed by atoms with Crippen LogP contribution in [0.5, 0.6) is 11.5 Å². The number of nitrogens with one attached hydrogen (secondary N) is 1. The second-order valence-corrected chi connectivity index (χ2v) is 8.38. The molecule has 182 valence electrons. The first kappa shape index (κ1) is 25.1. The van der Waals surface area contributed by atoms with Crippen molar-refractivity contribution in [2.24, 2.45) is 5.92 Å². The van der Waals surface area contributed by atoms with Crippen molar-refractivity contribution in [1.82, 2.24) is 10.2 Å². The van der Waals surface area contributed by atoms with Crippen molar-refractivity contribution in [1.29, 1.82) is 0 Å². The summed E-state index contributed by atoms with van der Waals surface area (Å²) in [6.07, 6.45) is 0.856. The minimum Gasteiger partial charge on any atom is -0.484 e. The first-order valence-electron chi connectivity index (χ1n) is 11.6. The van der Waals surface area contributed by atoms with E-state index in [1.807, 2.05) is 36.9 Å². The Balaban J connectivity index is 1.38. The van der Waals surface area contributed by atoms with Crippen LogP contribution in [0.4, 0.5) is 4.79 Å². The van der Waals surface area contributed by atoms with Crippen LogP contribution in [-0.2, 0) is 9.53 Å². The molecule has 1 saturated heterocycles. The summed E-state index contributed by atoms with van der Waals surface area (Å²) >= 11 is 0. The lowest BCUT2D eigenvalue weighted by atomic mass is 9.96. The second kappa shape index (κ2) is 12.1. The summed E-state index contributed by atoms with van der Waals surface area (Å²) in [6.45, 7) is 7.77. The predicted molar refractivity (Wildman–Crippen MR) is 127 cm³/mol. The zero-order valence-electron chi connectivity index (χ0n) is 20.0. The number of carbonyl (C=O) groups excluding carboxylic acids is 3. The number of benzene rings is 2. The molecule has 34 heavy (non-hydrogen) atoms. The van der Waals surface area contributed by atoms with Crippen LogP contribution in [0, 0.1) is 19.8 Å². The summed E-state index contributed by atoms with van der Waals surface area (Å²) in [5.74, 6) is 1.11. The molecule has 1 aliphatic heterocycles. The number of hydrogen-bond donors (Lipinski definition) is 1. The number of amides is 2. The number of nitrogens with zero attached hydrogens (tertiary/aromatic N) is 1. The first-order valence-corrected chi connectivity index (χ1v) is 11.6. The molecule has 8 heteroatoms. The summed E-state index contributed by atoms with van der Waals surface area (Å²) < 4.78 is 15.3. The monoisotopic (exact) mass is 468 g/mol. The van der Waals surface area contributed by atoms with Gasteiger partial charge in [0, 0.05) is 25.2 Å². The molecule has 2 aromatic rings. The molecule has 2 aromatic carbocycles. The van der Waals surface area contributed by atoms with Crippen LogP contribution in [0.25, 0.3) is 0 Å². The topological polar surface area (TPSA) is 94.2 Å². The predicted octanol–water partition coefficient (Wildman–Crippen LogP) is 3.89. The molecule has 0 aromatic heterocycles. The molecule has 3 rings (SSSR count). The van der Waals surface area contributed by atoms with Gasteiger partial charge < -0.3 is 24.4 Å². The van der Waals surface area contributed by atoms with Gasteiger partial charge in [-0.25, -0.2) is 4.79 Å². The Morgan fingerprint density at radius 3 is 2.29 bits per heavy atom. The molecule has 0 bridgehead atoms. The average Bonchev–Trinajstić information content (AvgIpc) is 2.84. The van der Waals surface area contributed by atoms with Crippen molar-refractivity contribution < 1.29 is 28.6 Å². The molecule has 1 fully saturated rings. The van der Waals surface area contributed by atoms with E-state index in [1.54, 1.807) is 31.2 Å². The van der Waals surface area contributed by atoms with Crippen molar-refractivity contribution in [3.8, 4) is 11.5 Å². The Morgan fingerprint density at radius 2 is 1.65 bits per heavy atom. The van der Waals surface area contributed by atoms with E-state index < -0.39 is 6.16 Å². The fourth-order valence-electron chi connectivity index (χ4n) is 3.69. The van der Waals surface area contributed by atoms with Crippen LogP contribution in [0.1, 0.15) is 41.3 Å². The molecule has 0 radical (unpaired) electrons. The number of likely N-dealkylation sites (tertiary alicyclic amines) is 1. The third kappa shape index (κ3) is 7.23. The maximum Gasteiger partial charge on any atom is 0.513 e. The first-order chi connectivity index (χ1) is 16.4. The fourth-order valence-corrected chi connectivity index (χ4v) is 3.69. The lowest BCUT2D eigenvalue weighted by molar-refractivity contribution is -0.123. The van der Waals surface area contributed by atoms with Crippen LogP contribution in [0.3, 0.4) is 0 Å². The van der Waals surface area contributed by atoms with Gasteiger partial charge in [-0.05, 0) is 87.1 Å². The van der Waals surface area contributed by atoms with Gasteiger partial charge in [0.1, 0.15) is 11.5 Å². The highest BCUT2D eigenvalue weighted by Gasteiger charge is 2.24. The highest BCUT2D eigenvalue weighted by atomic mass is 16.7. The van der Waals surface area contributed by atoms with E-state index >= 15 is 0 Å². The summed E-state index contributed by atoms with van der Waals surface area (Å²) in [5.41, 5.74) is 2.84. The van der Waals surface area contributed by atoms with E-state index in [4.69, 9.17) is 14.2 Å². The smallest absolute Gasteiger partial charge is 0.484 e. The van der Waals surface area contributed by atoms with Crippen LogP contribution in [0.2, 0.25) is 0 Å². The van der Waals surface area contributed by atoms with E-state index in [2.05, 4.69) is 5.32 Å². The van der Waals surface area contributed by atoms with Gasteiger partial charge in [-0.3, -0.25) is 9.59 Å². The van der Waals surface area contributed by atoms with Gasteiger partial charge >= 0.3 is 6.16 Å². The van der Waals surface area contributed by atoms with Crippen molar-refractivity contribution in [2.75, 3.05) is 32.8 Å². The van der Waals surface area contributed by atoms with Gasteiger partial charge in [0.15, 0.2) is 6.61 Å². The minimum absolute atomic E-state index is 0.0181. The van der Waals surface area contributed by atoms with E-state index in [0.717, 1.165) is 18.4 Å². The normalized spacial score (nSPS) is 13.8. The summed E-state index contributed by atoms with van der Waals surface area (Å²) in [4.78, 5) is 38.1. The molecule has 1 aliphatic rings. The molecule has 8 nitrogen and oxygen atoms in total. The van der Waals surface area contributed by atoms with Gasteiger partial charge in [-0.2, -0.15) is 0 Å². The van der Waals surface area contributed by atoms with E-state index in [0.29, 0.717) is 42.6 Å². The van der Waals surface area contributed by atoms with Crippen molar-refractivity contribution in [3.05, 3.63) is 59.2 Å². The number of ether oxygens (including phenoxy) is 3. The molecule has 0 spiro atoms. The average molecular weight is 469 g/mol. The molecule has 2 amide bonds. The Bertz CT molecular complexity index is 997. The number of rotatable bonds is 8. The molecule has 0 aliphatic carbocycles. The number of carbonyl (C=O) groups is 3. The number of piperidine rings is 1. The molecular formula is C26H32N2O6. The van der Waals surface area contributed by atoms with E-state index in [1.165, 1.54) is 5.56 Å². The van der Waals surface area contributed by atoms with E-state index in [-0.39, 0.29) is 25.0 Å².